The van der Waals surface area contributed by atoms with Gasteiger partial charge in [0.05, 0.1) is 32.7 Å². The largest absolute Gasteiger partial charge is 0.872 e. The van der Waals surface area contributed by atoms with Crippen molar-refractivity contribution in [2.24, 2.45) is 0 Å². The second-order valence-corrected chi connectivity index (χ2v) is 7.99. The van der Waals surface area contributed by atoms with Crippen molar-refractivity contribution in [3.05, 3.63) is 29.8 Å². The van der Waals surface area contributed by atoms with Crippen molar-refractivity contribution in [3.8, 4) is 5.75 Å². The molecule has 0 fully saturated rings. The topological polar surface area (TPSA) is 60.4 Å². The lowest BCUT2D eigenvalue weighted by Gasteiger charge is -2.28. The summed E-state index contributed by atoms with van der Waals surface area (Å²) >= 11 is 0. The molecule has 0 bridgehead atoms. The predicted octanol–water partition coefficient (Wildman–Crippen LogP) is 5.46. The highest BCUT2D eigenvalue weighted by Crippen LogP contribution is 2.11. The zero-order valence-corrected chi connectivity index (χ0v) is 18.0. The molecular weight excluding hydrogens is 338 g/mol. The molecule has 1 N–H and O–H groups in total. The Hall–Kier alpha value is -1.55. The number of hydrogen-bond acceptors (Lipinski definition) is 2. The van der Waals surface area contributed by atoms with E-state index in [0.717, 1.165) is 0 Å². The molecule has 1 aromatic carbocycles. The predicted molar refractivity (Wildman–Crippen MR) is 112 cm³/mol. The third-order valence-electron chi connectivity index (χ3n) is 5.07. The van der Waals surface area contributed by atoms with E-state index in [1.54, 1.807) is 0 Å². The van der Waals surface area contributed by atoms with Gasteiger partial charge in [-0.2, -0.15) is 0 Å². The van der Waals surface area contributed by atoms with Crippen molar-refractivity contribution in [2.45, 2.75) is 78.1 Å². The van der Waals surface area contributed by atoms with Gasteiger partial charge in [0.25, 0.3) is 0 Å². The summed E-state index contributed by atoms with van der Waals surface area (Å²) in [6.07, 6.45) is 14.4. The fraction of sp³-hybridized carbons (Fsp3) is 0.696. The molecule has 0 atom stereocenters. The summed E-state index contributed by atoms with van der Waals surface area (Å²) in [6, 6.07) is 5.02. The third-order valence-corrected chi connectivity index (χ3v) is 5.07. The number of hydrogen-bond donors (Lipinski definition) is 1. The van der Waals surface area contributed by atoms with E-state index in [4.69, 9.17) is 5.11 Å². The Morgan fingerprint density at radius 1 is 0.852 bits per heavy atom. The molecule has 156 valence electrons. The lowest BCUT2D eigenvalue weighted by atomic mass is 10.1. The molecule has 0 aliphatic rings. The van der Waals surface area contributed by atoms with Crippen LogP contribution in [0.15, 0.2) is 24.3 Å². The maximum absolute atomic E-state index is 10.5. The van der Waals surface area contributed by atoms with E-state index in [9.17, 15) is 9.90 Å². The summed E-state index contributed by atoms with van der Waals surface area (Å²) in [5, 5.41) is 18.8. The smallest absolute Gasteiger partial charge is 0.335 e. The highest BCUT2D eigenvalue weighted by Gasteiger charge is 2.09. The first-order valence-corrected chi connectivity index (χ1v) is 10.6. The molecule has 4 nitrogen and oxygen atoms in total. The van der Waals surface area contributed by atoms with Crippen molar-refractivity contribution in [1.29, 1.82) is 0 Å². The monoisotopic (exact) mass is 379 g/mol. The van der Waals surface area contributed by atoms with Gasteiger partial charge in [0.15, 0.2) is 0 Å². The molecular formula is C23H41NO3. The number of unbranched alkanes of at least 4 members (excludes halogenated alkanes) is 9. The zero-order chi connectivity index (χ0) is 20.5. The SMILES string of the molecule is CCCCCCCCCCCC[N+](C)(C)CC.O=C(O)c1ccc([O-])cc1. The summed E-state index contributed by atoms with van der Waals surface area (Å²) in [5.74, 6) is -1.19. The molecule has 0 radical (unpaired) electrons. The van der Waals surface area contributed by atoms with Gasteiger partial charge >= 0.3 is 5.97 Å². The molecule has 0 spiro atoms. The standard InChI is InChI=1S/C16H36N.C7H6O3/c1-5-7-8-9-10-11-12-13-14-15-16-17(3,4)6-2;8-6-3-1-5(2-4-6)7(9)10/h5-16H2,1-4H3;1-4,8H,(H,9,10)/q+1;/p-1. The van der Waals surface area contributed by atoms with Crippen LogP contribution in [-0.2, 0) is 0 Å². The van der Waals surface area contributed by atoms with Gasteiger partial charge in [-0.3, -0.25) is 0 Å². The number of rotatable bonds is 13. The molecule has 0 saturated carbocycles. The average molecular weight is 380 g/mol. The lowest BCUT2D eigenvalue weighted by Crippen LogP contribution is -2.39. The van der Waals surface area contributed by atoms with Crippen LogP contribution in [0.1, 0.15) is 88.4 Å². The second kappa shape index (κ2) is 15.5. The molecule has 1 rings (SSSR count). The summed E-state index contributed by atoms with van der Waals surface area (Å²) in [4.78, 5) is 10.2. The Morgan fingerprint density at radius 3 is 1.70 bits per heavy atom. The summed E-state index contributed by atoms with van der Waals surface area (Å²) < 4.78 is 1.19. The van der Waals surface area contributed by atoms with Gasteiger partial charge in [0.2, 0.25) is 0 Å². The quantitative estimate of drug-likeness (QED) is 0.365. The van der Waals surface area contributed by atoms with Gasteiger partial charge in [0.1, 0.15) is 0 Å². The Labute approximate surface area is 166 Å². The normalized spacial score (nSPS) is 11.0. The van der Waals surface area contributed by atoms with Crippen molar-refractivity contribution < 1.29 is 19.5 Å². The molecule has 0 aliphatic heterocycles. The van der Waals surface area contributed by atoms with Crippen molar-refractivity contribution in [1.82, 2.24) is 0 Å². The molecule has 27 heavy (non-hydrogen) atoms. The number of carboxylic acids is 1. The number of carboxylic acid groups (broad SMARTS) is 1. The Morgan fingerprint density at radius 2 is 1.30 bits per heavy atom. The van der Waals surface area contributed by atoms with E-state index >= 15 is 0 Å². The molecule has 0 saturated heterocycles. The maximum atomic E-state index is 10.5. The number of carbonyl (C=O) groups is 1. The fourth-order valence-electron chi connectivity index (χ4n) is 2.78. The van der Waals surface area contributed by atoms with Crippen LogP contribution in [0.4, 0.5) is 0 Å². The van der Waals surface area contributed by atoms with E-state index in [1.165, 1.54) is 106 Å². The first-order valence-electron chi connectivity index (χ1n) is 10.6. The molecule has 0 aliphatic carbocycles. The van der Waals surface area contributed by atoms with E-state index in [-0.39, 0.29) is 11.3 Å². The second-order valence-electron chi connectivity index (χ2n) is 7.99. The van der Waals surface area contributed by atoms with Gasteiger partial charge in [-0.15, -0.1) is 5.75 Å². The Kier molecular flexibility index (Phi) is 14.6. The van der Waals surface area contributed by atoms with Crippen LogP contribution < -0.4 is 5.11 Å². The van der Waals surface area contributed by atoms with Crippen LogP contribution in [0.25, 0.3) is 0 Å². The van der Waals surface area contributed by atoms with Gasteiger partial charge < -0.3 is 14.7 Å². The molecule has 0 unspecified atom stereocenters. The third kappa shape index (κ3) is 15.2. The summed E-state index contributed by atoms with van der Waals surface area (Å²) in [5.41, 5.74) is 0.139. The number of quaternary nitrogens is 1. The zero-order valence-electron chi connectivity index (χ0n) is 18.0. The van der Waals surface area contributed by atoms with Gasteiger partial charge in [-0.05, 0) is 31.9 Å². The van der Waals surface area contributed by atoms with Crippen LogP contribution in [0.3, 0.4) is 0 Å². The minimum atomic E-state index is -1.01. The number of aromatic carboxylic acids is 1. The molecule has 1 aromatic rings. The Bertz CT molecular complexity index is 483. The number of benzene rings is 1. The van der Waals surface area contributed by atoms with Crippen LogP contribution >= 0.6 is 0 Å². The molecule has 0 heterocycles. The lowest BCUT2D eigenvalue weighted by molar-refractivity contribution is -0.888. The number of nitrogens with zero attached hydrogens (tertiary/aromatic N) is 1. The van der Waals surface area contributed by atoms with Gasteiger partial charge in [-0.25, -0.2) is 4.79 Å². The van der Waals surface area contributed by atoms with Gasteiger partial charge in [-0.1, -0.05) is 70.4 Å². The first kappa shape index (κ1) is 25.4. The van der Waals surface area contributed by atoms with Crippen LogP contribution in [0.5, 0.6) is 5.75 Å². The summed E-state index contributed by atoms with van der Waals surface area (Å²) in [7, 11) is 4.68. The van der Waals surface area contributed by atoms with E-state index in [0.29, 0.717) is 0 Å². The summed E-state index contributed by atoms with van der Waals surface area (Å²) in [6.45, 7) is 7.19. The van der Waals surface area contributed by atoms with Crippen LogP contribution in [0.2, 0.25) is 0 Å². The van der Waals surface area contributed by atoms with Crippen molar-refractivity contribution in [3.63, 3.8) is 0 Å². The fourth-order valence-corrected chi connectivity index (χ4v) is 2.78. The van der Waals surface area contributed by atoms with E-state index < -0.39 is 5.97 Å². The van der Waals surface area contributed by atoms with Crippen LogP contribution in [0, 0.1) is 0 Å². The molecule has 0 aromatic heterocycles. The molecule has 4 heteroatoms. The molecule has 0 amide bonds. The van der Waals surface area contributed by atoms with Crippen molar-refractivity contribution >= 4 is 5.97 Å². The first-order chi connectivity index (χ1) is 12.8. The van der Waals surface area contributed by atoms with E-state index in [2.05, 4.69) is 27.9 Å². The highest BCUT2D eigenvalue weighted by molar-refractivity contribution is 5.87. The van der Waals surface area contributed by atoms with Gasteiger partial charge in [0, 0.05) is 0 Å². The van der Waals surface area contributed by atoms with Crippen LogP contribution in [-0.4, -0.2) is 42.7 Å². The van der Waals surface area contributed by atoms with E-state index in [1.807, 2.05) is 0 Å². The average Bonchev–Trinajstić information content (AvgIpc) is 2.64. The minimum absolute atomic E-state index is 0.139. The minimum Gasteiger partial charge on any atom is -0.872 e. The Balaban J connectivity index is 0.000000569. The van der Waals surface area contributed by atoms with Crippen molar-refractivity contribution in [2.75, 3.05) is 27.2 Å². The highest BCUT2D eigenvalue weighted by atomic mass is 16.4. The maximum Gasteiger partial charge on any atom is 0.335 e.